The molecule has 0 bridgehead atoms. The molecule has 1 aliphatic carbocycles. The minimum atomic E-state index is 0.444. The molecule has 2 nitrogen and oxygen atoms in total. The Kier molecular flexibility index (Phi) is 5.71. The van der Waals surface area contributed by atoms with E-state index in [-0.39, 0.29) is 0 Å². The van der Waals surface area contributed by atoms with E-state index in [9.17, 15) is 0 Å². The van der Waals surface area contributed by atoms with Gasteiger partial charge in [-0.2, -0.15) is 0 Å². The lowest BCUT2D eigenvalue weighted by Crippen LogP contribution is -2.20. The molecule has 0 saturated heterocycles. The van der Waals surface area contributed by atoms with Crippen molar-refractivity contribution in [3.63, 3.8) is 0 Å². The van der Waals surface area contributed by atoms with Gasteiger partial charge < -0.3 is 10.1 Å². The van der Waals surface area contributed by atoms with E-state index in [4.69, 9.17) is 4.74 Å². The van der Waals surface area contributed by atoms with Gasteiger partial charge in [-0.25, -0.2) is 0 Å². The fourth-order valence-electron chi connectivity index (χ4n) is 2.96. The summed E-state index contributed by atoms with van der Waals surface area (Å²) in [6.07, 6.45) is 6.56. The van der Waals surface area contributed by atoms with Gasteiger partial charge in [0, 0.05) is 6.04 Å². The zero-order valence-electron chi connectivity index (χ0n) is 12.3. The van der Waals surface area contributed by atoms with Crippen molar-refractivity contribution < 1.29 is 4.74 Å². The highest BCUT2D eigenvalue weighted by molar-refractivity contribution is 5.30. The monoisotopic (exact) mass is 261 g/mol. The highest BCUT2D eigenvalue weighted by atomic mass is 16.5. The molecule has 1 saturated carbocycles. The summed E-state index contributed by atoms with van der Waals surface area (Å²) < 4.78 is 5.98. The molecule has 0 amide bonds. The van der Waals surface area contributed by atoms with Crippen LogP contribution in [0.5, 0.6) is 5.75 Å². The van der Waals surface area contributed by atoms with Gasteiger partial charge in [0.15, 0.2) is 0 Å². The van der Waals surface area contributed by atoms with Crippen molar-refractivity contribution in [2.45, 2.75) is 52.0 Å². The third kappa shape index (κ3) is 4.24. The summed E-state index contributed by atoms with van der Waals surface area (Å²) >= 11 is 0. The molecule has 1 unspecified atom stereocenters. The van der Waals surface area contributed by atoms with Gasteiger partial charge in [-0.1, -0.05) is 38.8 Å². The molecule has 2 heteroatoms. The second-order valence-corrected chi connectivity index (χ2v) is 5.55. The van der Waals surface area contributed by atoms with Crippen LogP contribution in [-0.2, 0) is 0 Å². The molecule has 106 valence electrons. The first-order valence-electron chi connectivity index (χ1n) is 7.79. The average Bonchev–Trinajstić information content (AvgIpc) is 2.96. The van der Waals surface area contributed by atoms with Crippen molar-refractivity contribution in [2.24, 2.45) is 5.92 Å². The van der Waals surface area contributed by atoms with E-state index in [1.54, 1.807) is 0 Å². The molecule has 0 aliphatic heterocycles. The largest absolute Gasteiger partial charge is 0.493 e. The molecule has 0 radical (unpaired) electrons. The van der Waals surface area contributed by atoms with Gasteiger partial charge >= 0.3 is 0 Å². The van der Waals surface area contributed by atoms with Gasteiger partial charge in [0.25, 0.3) is 0 Å². The summed E-state index contributed by atoms with van der Waals surface area (Å²) in [5.74, 6) is 1.81. The Morgan fingerprint density at radius 1 is 1.26 bits per heavy atom. The third-order valence-corrected chi connectivity index (χ3v) is 4.08. The summed E-state index contributed by atoms with van der Waals surface area (Å²) in [5.41, 5.74) is 1.34. The SMILES string of the molecule is CCNC(CC)c1cccc(OCC2CCCC2)c1. The molecule has 1 aromatic rings. The highest BCUT2D eigenvalue weighted by Gasteiger charge is 2.15. The third-order valence-electron chi connectivity index (χ3n) is 4.08. The van der Waals surface area contributed by atoms with Gasteiger partial charge in [0.2, 0.25) is 0 Å². The number of benzene rings is 1. The lowest BCUT2D eigenvalue weighted by atomic mass is 10.0. The minimum absolute atomic E-state index is 0.444. The molecule has 0 spiro atoms. The van der Waals surface area contributed by atoms with Gasteiger partial charge in [-0.05, 0) is 49.4 Å². The normalized spacial score (nSPS) is 17.6. The van der Waals surface area contributed by atoms with E-state index in [2.05, 4.69) is 43.4 Å². The van der Waals surface area contributed by atoms with Crippen molar-refractivity contribution >= 4 is 0 Å². The Bertz CT molecular complexity index is 371. The number of ether oxygens (including phenoxy) is 1. The molecule has 1 aromatic carbocycles. The van der Waals surface area contributed by atoms with Gasteiger partial charge in [0.05, 0.1) is 6.61 Å². The van der Waals surface area contributed by atoms with E-state index in [0.29, 0.717) is 6.04 Å². The zero-order chi connectivity index (χ0) is 13.5. The summed E-state index contributed by atoms with van der Waals surface area (Å²) in [4.78, 5) is 0. The van der Waals surface area contributed by atoms with Crippen LogP contribution in [0.2, 0.25) is 0 Å². The second kappa shape index (κ2) is 7.54. The van der Waals surface area contributed by atoms with Crippen molar-refractivity contribution in [3.05, 3.63) is 29.8 Å². The highest BCUT2D eigenvalue weighted by Crippen LogP contribution is 2.27. The fourth-order valence-corrected chi connectivity index (χ4v) is 2.96. The predicted molar refractivity (Wildman–Crippen MR) is 80.6 cm³/mol. The second-order valence-electron chi connectivity index (χ2n) is 5.55. The van der Waals surface area contributed by atoms with Crippen LogP contribution in [0.3, 0.4) is 0 Å². The quantitative estimate of drug-likeness (QED) is 0.789. The lowest BCUT2D eigenvalue weighted by molar-refractivity contribution is 0.251. The van der Waals surface area contributed by atoms with Crippen LogP contribution in [0.15, 0.2) is 24.3 Å². The van der Waals surface area contributed by atoms with Crippen LogP contribution in [0.1, 0.15) is 57.6 Å². The predicted octanol–water partition coefficient (Wildman–Crippen LogP) is 4.32. The minimum Gasteiger partial charge on any atom is -0.493 e. The Morgan fingerprint density at radius 3 is 2.74 bits per heavy atom. The van der Waals surface area contributed by atoms with Crippen LogP contribution in [0.4, 0.5) is 0 Å². The van der Waals surface area contributed by atoms with Gasteiger partial charge in [-0.3, -0.25) is 0 Å². The summed E-state index contributed by atoms with van der Waals surface area (Å²) in [6, 6.07) is 9.03. The number of rotatable bonds is 7. The molecule has 19 heavy (non-hydrogen) atoms. The Labute approximate surface area is 117 Å². The first-order chi connectivity index (χ1) is 9.33. The first kappa shape index (κ1) is 14.4. The molecule has 0 heterocycles. The molecule has 1 N–H and O–H groups in total. The number of hydrogen-bond acceptors (Lipinski definition) is 2. The maximum Gasteiger partial charge on any atom is 0.119 e. The van der Waals surface area contributed by atoms with E-state index in [0.717, 1.165) is 31.2 Å². The molecule has 2 rings (SSSR count). The molecule has 1 atom stereocenters. The average molecular weight is 261 g/mol. The van der Waals surface area contributed by atoms with Gasteiger partial charge in [0.1, 0.15) is 5.75 Å². The molecule has 1 aliphatic rings. The Balaban J connectivity index is 1.93. The first-order valence-corrected chi connectivity index (χ1v) is 7.79. The summed E-state index contributed by atoms with van der Waals surface area (Å²) in [7, 11) is 0. The van der Waals surface area contributed by atoms with E-state index < -0.39 is 0 Å². The van der Waals surface area contributed by atoms with Crippen LogP contribution >= 0.6 is 0 Å². The van der Waals surface area contributed by atoms with Gasteiger partial charge in [-0.15, -0.1) is 0 Å². The van der Waals surface area contributed by atoms with Crippen molar-refractivity contribution in [1.29, 1.82) is 0 Å². The molecule has 1 fully saturated rings. The zero-order valence-corrected chi connectivity index (χ0v) is 12.3. The van der Waals surface area contributed by atoms with E-state index in [1.165, 1.54) is 31.2 Å². The van der Waals surface area contributed by atoms with Crippen LogP contribution in [-0.4, -0.2) is 13.2 Å². The Morgan fingerprint density at radius 2 is 2.05 bits per heavy atom. The van der Waals surface area contributed by atoms with Crippen molar-refractivity contribution in [1.82, 2.24) is 5.32 Å². The fraction of sp³-hybridized carbons (Fsp3) is 0.647. The summed E-state index contributed by atoms with van der Waals surface area (Å²) in [6.45, 7) is 6.27. The maximum absolute atomic E-state index is 5.98. The maximum atomic E-state index is 5.98. The molecular formula is C17H27NO. The van der Waals surface area contributed by atoms with Crippen LogP contribution < -0.4 is 10.1 Å². The number of nitrogens with one attached hydrogen (secondary N) is 1. The Hall–Kier alpha value is -1.02. The topological polar surface area (TPSA) is 21.3 Å². The summed E-state index contributed by atoms with van der Waals surface area (Å²) in [5, 5.41) is 3.52. The van der Waals surface area contributed by atoms with Crippen molar-refractivity contribution in [3.8, 4) is 5.75 Å². The molecular weight excluding hydrogens is 234 g/mol. The smallest absolute Gasteiger partial charge is 0.119 e. The lowest BCUT2D eigenvalue weighted by Gasteiger charge is -2.18. The van der Waals surface area contributed by atoms with Crippen LogP contribution in [0, 0.1) is 5.92 Å². The number of hydrogen-bond donors (Lipinski definition) is 1. The van der Waals surface area contributed by atoms with Crippen LogP contribution in [0.25, 0.3) is 0 Å². The van der Waals surface area contributed by atoms with Crippen molar-refractivity contribution in [2.75, 3.05) is 13.2 Å². The van der Waals surface area contributed by atoms with E-state index in [1.807, 2.05) is 0 Å². The standard InChI is InChI=1S/C17H27NO/c1-3-17(18-4-2)15-10-7-11-16(12-15)19-13-14-8-5-6-9-14/h7,10-12,14,17-18H,3-6,8-9,13H2,1-2H3. The molecule has 0 aromatic heterocycles. The van der Waals surface area contributed by atoms with E-state index >= 15 is 0 Å².